The first-order chi connectivity index (χ1) is 13.1. The third-order valence-electron chi connectivity index (χ3n) is 5.87. The summed E-state index contributed by atoms with van der Waals surface area (Å²) in [5.74, 6) is 0.923. The highest BCUT2D eigenvalue weighted by Gasteiger charge is 2.35. The maximum atomic E-state index is 12.2. The molecular weight excluding hydrogens is 340 g/mol. The zero-order valence-corrected chi connectivity index (χ0v) is 15.8. The second kappa shape index (κ2) is 6.46. The highest BCUT2D eigenvalue weighted by atomic mass is 16.5. The number of hydrogen-bond donors (Lipinski definition) is 2. The molecule has 2 fully saturated rings. The number of hydrogen-bond acceptors (Lipinski definition) is 4. The summed E-state index contributed by atoms with van der Waals surface area (Å²) in [4.78, 5) is 22.4. The first kappa shape index (κ1) is 17.0. The zero-order valence-electron chi connectivity index (χ0n) is 15.8. The Labute approximate surface area is 159 Å². The van der Waals surface area contributed by atoms with Gasteiger partial charge in [0.15, 0.2) is 0 Å². The minimum Gasteiger partial charge on any atom is -0.380 e. The summed E-state index contributed by atoms with van der Waals surface area (Å²) in [7, 11) is 0. The number of ether oxygens (including phenoxy) is 1. The molecule has 6 nitrogen and oxygen atoms in total. The Balaban J connectivity index is 1.37. The van der Waals surface area contributed by atoms with Crippen molar-refractivity contribution in [1.82, 2.24) is 14.9 Å². The van der Waals surface area contributed by atoms with Crippen molar-refractivity contribution in [2.45, 2.75) is 26.2 Å². The number of pyridine rings is 1. The first-order valence-corrected chi connectivity index (χ1v) is 9.88. The molecule has 5 rings (SSSR count). The number of nitrogens with zero attached hydrogens (tertiary/aromatic N) is 2. The number of aromatic amines is 1. The number of anilines is 1. The Morgan fingerprint density at radius 1 is 1.44 bits per heavy atom. The van der Waals surface area contributed by atoms with E-state index in [-0.39, 0.29) is 11.8 Å². The van der Waals surface area contributed by atoms with Gasteiger partial charge in [0.1, 0.15) is 11.5 Å². The van der Waals surface area contributed by atoms with Gasteiger partial charge in [-0.1, -0.05) is 13.0 Å². The molecule has 6 heteroatoms. The SMILES string of the molecule is CC1(CN2CC=C(c3cc(NC(=O)C4CC4)nc4[nH]ccc34)CC2)COC1. The molecule has 2 aliphatic heterocycles. The number of amides is 1. The molecule has 0 aromatic carbocycles. The Hall–Kier alpha value is -2.18. The number of rotatable bonds is 5. The normalized spacial score (nSPS) is 22.3. The molecule has 1 saturated carbocycles. The van der Waals surface area contributed by atoms with E-state index < -0.39 is 0 Å². The van der Waals surface area contributed by atoms with Crippen LogP contribution in [0, 0.1) is 11.3 Å². The minimum absolute atomic E-state index is 0.0964. The number of nitrogens with one attached hydrogen (secondary N) is 2. The molecule has 0 unspecified atom stereocenters. The van der Waals surface area contributed by atoms with Crippen LogP contribution in [0.15, 0.2) is 24.4 Å². The molecule has 142 valence electrons. The second-order valence-electron chi connectivity index (χ2n) is 8.58. The van der Waals surface area contributed by atoms with Gasteiger partial charge in [-0.2, -0.15) is 0 Å². The second-order valence-corrected chi connectivity index (χ2v) is 8.58. The van der Waals surface area contributed by atoms with Crippen LogP contribution in [0.1, 0.15) is 31.7 Å². The van der Waals surface area contributed by atoms with Crippen LogP contribution in [0.2, 0.25) is 0 Å². The molecule has 0 atom stereocenters. The summed E-state index contributed by atoms with van der Waals surface area (Å²) in [5.41, 5.74) is 3.68. The van der Waals surface area contributed by atoms with Crippen molar-refractivity contribution in [1.29, 1.82) is 0 Å². The lowest BCUT2D eigenvalue weighted by Crippen LogP contribution is -2.49. The quantitative estimate of drug-likeness (QED) is 0.853. The van der Waals surface area contributed by atoms with E-state index in [9.17, 15) is 4.79 Å². The topological polar surface area (TPSA) is 70.2 Å². The van der Waals surface area contributed by atoms with Crippen molar-refractivity contribution in [3.63, 3.8) is 0 Å². The predicted octanol–water partition coefficient (Wildman–Crippen LogP) is 3.04. The predicted molar refractivity (Wildman–Crippen MR) is 105 cm³/mol. The van der Waals surface area contributed by atoms with Gasteiger partial charge in [0, 0.05) is 42.6 Å². The maximum absolute atomic E-state index is 12.2. The van der Waals surface area contributed by atoms with Crippen LogP contribution in [0.5, 0.6) is 0 Å². The lowest BCUT2D eigenvalue weighted by molar-refractivity contribution is -0.117. The van der Waals surface area contributed by atoms with Crippen LogP contribution >= 0.6 is 0 Å². The lowest BCUT2D eigenvalue weighted by atomic mass is 9.87. The van der Waals surface area contributed by atoms with E-state index in [0.717, 1.165) is 63.1 Å². The highest BCUT2D eigenvalue weighted by Crippen LogP contribution is 2.34. The van der Waals surface area contributed by atoms with Crippen molar-refractivity contribution >= 4 is 28.3 Å². The number of fused-ring (bicyclic) bond motifs is 1. The van der Waals surface area contributed by atoms with Gasteiger partial charge in [-0.15, -0.1) is 0 Å². The molecule has 1 aliphatic carbocycles. The van der Waals surface area contributed by atoms with Gasteiger partial charge in [0.05, 0.1) is 13.2 Å². The molecule has 2 N–H and O–H groups in total. The lowest BCUT2D eigenvalue weighted by Gasteiger charge is -2.42. The average molecular weight is 366 g/mol. The average Bonchev–Trinajstić information content (AvgIpc) is 3.39. The largest absolute Gasteiger partial charge is 0.380 e. The van der Waals surface area contributed by atoms with Crippen molar-refractivity contribution < 1.29 is 9.53 Å². The van der Waals surface area contributed by atoms with E-state index >= 15 is 0 Å². The van der Waals surface area contributed by atoms with Crippen LogP contribution in [-0.4, -0.2) is 53.6 Å². The van der Waals surface area contributed by atoms with E-state index in [1.165, 1.54) is 11.1 Å². The highest BCUT2D eigenvalue weighted by molar-refractivity contribution is 5.97. The van der Waals surface area contributed by atoms with E-state index in [1.807, 2.05) is 12.3 Å². The number of H-pyrrole nitrogens is 1. The summed E-state index contributed by atoms with van der Waals surface area (Å²) in [5, 5.41) is 4.12. The van der Waals surface area contributed by atoms with Gasteiger partial charge in [0.2, 0.25) is 5.91 Å². The summed E-state index contributed by atoms with van der Waals surface area (Å²) in [6.45, 7) is 7.16. The minimum atomic E-state index is 0.0964. The van der Waals surface area contributed by atoms with Crippen LogP contribution in [0.25, 0.3) is 16.6 Å². The van der Waals surface area contributed by atoms with E-state index in [4.69, 9.17) is 4.74 Å². The molecule has 2 aromatic rings. The summed E-state index contributed by atoms with van der Waals surface area (Å²) < 4.78 is 5.39. The summed E-state index contributed by atoms with van der Waals surface area (Å²) in [6.07, 6.45) is 7.25. The number of aromatic nitrogens is 2. The zero-order chi connectivity index (χ0) is 18.4. The van der Waals surface area contributed by atoms with Gasteiger partial charge < -0.3 is 15.0 Å². The molecule has 1 amide bonds. The molecule has 0 bridgehead atoms. The summed E-state index contributed by atoms with van der Waals surface area (Å²) in [6, 6.07) is 4.11. The van der Waals surface area contributed by atoms with Crippen LogP contribution in [-0.2, 0) is 9.53 Å². The van der Waals surface area contributed by atoms with Crippen molar-refractivity contribution in [2.24, 2.45) is 11.3 Å². The monoisotopic (exact) mass is 366 g/mol. The van der Waals surface area contributed by atoms with Gasteiger partial charge in [0.25, 0.3) is 0 Å². The molecule has 0 spiro atoms. The van der Waals surface area contributed by atoms with E-state index in [0.29, 0.717) is 11.2 Å². The smallest absolute Gasteiger partial charge is 0.228 e. The standard InChI is InChI=1S/C21H26N4O2/c1-21(12-27-13-21)11-25-8-5-14(6-9-25)17-10-18(24-20(26)15-2-3-15)23-19-16(17)4-7-22-19/h4-5,7,10,15H,2-3,6,8-9,11-13H2,1H3,(H2,22,23,24,26). The van der Waals surface area contributed by atoms with E-state index in [2.05, 4.69) is 39.3 Å². The molecule has 2 aromatic heterocycles. The van der Waals surface area contributed by atoms with Crippen molar-refractivity contribution in [3.8, 4) is 0 Å². The third kappa shape index (κ3) is 3.39. The molecular formula is C21H26N4O2. The first-order valence-electron chi connectivity index (χ1n) is 9.88. The Bertz CT molecular complexity index is 908. The van der Waals surface area contributed by atoms with Crippen molar-refractivity contribution in [3.05, 3.63) is 30.0 Å². The fraction of sp³-hybridized carbons (Fsp3) is 0.524. The maximum Gasteiger partial charge on any atom is 0.228 e. The molecule has 3 aliphatic rings. The Morgan fingerprint density at radius 2 is 2.30 bits per heavy atom. The number of carbonyl (C=O) groups is 1. The van der Waals surface area contributed by atoms with E-state index in [1.54, 1.807) is 0 Å². The molecule has 4 heterocycles. The van der Waals surface area contributed by atoms with Crippen LogP contribution in [0.3, 0.4) is 0 Å². The van der Waals surface area contributed by atoms with Gasteiger partial charge >= 0.3 is 0 Å². The van der Waals surface area contributed by atoms with Gasteiger partial charge in [-0.05, 0) is 42.5 Å². The fourth-order valence-electron chi connectivity index (χ4n) is 4.12. The summed E-state index contributed by atoms with van der Waals surface area (Å²) >= 11 is 0. The Kier molecular flexibility index (Phi) is 4.06. The fourth-order valence-corrected chi connectivity index (χ4v) is 4.12. The van der Waals surface area contributed by atoms with Gasteiger partial charge in [-0.3, -0.25) is 9.69 Å². The molecule has 1 saturated heterocycles. The van der Waals surface area contributed by atoms with Crippen molar-refractivity contribution in [2.75, 3.05) is 38.2 Å². The Morgan fingerprint density at radius 3 is 2.96 bits per heavy atom. The van der Waals surface area contributed by atoms with Crippen LogP contribution in [0.4, 0.5) is 5.82 Å². The third-order valence-corrected chi connectivity index (χ3v) is 5.87. The molecule has 27 heavy (non-hydrogen) atoms. The van der Waals surface area contributed by atoms with Crippen LogP contribution < -0.4 is 5.32 Å². The number of carbonyl (C=O) groups excluding carboxylic acids is 1. The molecule has 0 radical (unpaired) electrons. The van der Waals surface area contributed by atoms with Gasteiger partial charge in [-0.25, -0.2) is 4.98 Å².